The van der Waals surface area contributed by atoms with E-state index in [1.807, 2.05) is 37.3 Å². The van der Waals surface area contributed by atoms with Gasteiger partial charge in [0.1, 0.15) is 11.3 Å². The van der Waals surface area contributed by atoms with Crippen molar-refractivity contribution in [2.75, 3.05) is 23.3 Å². The summed E-state index contributed by atoms with van der Waals surface area (Å²) >= 11 is 5.90. The molecule has 3 aromatic rings. The minimum Gasteiger partial charge on any atom is -0.335 e. The molecular weight excluding hydrogens is 400 g/mol. The van der Waals surface area contributed by atoms with Crippen molar-refractivity contribution >= 4 is 40.3 Å². The molecule has 0 aliphatic carbocycles. The van der Waals surface area contributed by atoms with Crippen LogP contribution in [0.3, 0.4) is 0 Å². The third-order valence-electron chi connectivity index (χ3n) is 5.84. The molecule has 2 aliphatic rings. The number of aryl methyl sites for hydroxylation is 2. The Morgan fingerprint density at radius 3 is 2.77 bits per heavy atom. The number of hydrogen-bond donors (Lipinski definition) is 2. The van der Waals surface area contributed by atoms with E-state index in [2.05, 4.69) is 20.5 Å². The van der Waals surface area contributed by atoms with Gasteiger partial charge in [-0.2, -0.15) is 0 Å². The molecule has 0 spiro atoms. The van der Waals surface area contributed by atoms with Crippen molar-refractivity contribution in [2.45, 2.75) is 38.3 Å². The van der Waals surface area contributed by atoms with Crippen LogP contribution < -0.4 is 15.5 Å². The summed E-state index contributed by atoms with van der Waals surface area (Å²) in [6.45, 7) is 3.88. The van der Waals surface area contributed by atoms with E-state index in [-0.39, 0.29) is 5.91 Å². The average molecular weight is 423 g/mol. The molecule has 4 heterocycles. The van der Waals surface area contributed by atoms with Gasteiger partial charge in [-0.3, -0.25) is 4.79 Å². The van der Waals surface area contributed by atoms with E-state index < -0.39 is 0 Å². The smallest absolute Gasteiger partial charge is 0.226 e. The number of nitrogens with zero attached hydrogens (tertiary/aromatic N) is 4. The van der Waals surface area contributed by atoms with Crippen molar-refractivity contribution in [1.29, 1.82) is 0 Å². The van der Waals surface area contributed by atoms with E-state index in [0.29, 0.717) is 35.8 Å². The normalized spacial score (nSPS) is 20.1. The number of fused-ring (bicyclic) bond motifs is 3. The number of halogens is 1. The third-order valence-corrected chi connectivity index (χ3v) is 6.09. The van der Waals surface area contributed by atoms with Crippen LogP contribution in [-0.2, 0) is 11.2 Å². The number of anilines is 2. The quantitative estimate of drug-likeness (QED) is 0.657. The molecular formula is C22H23ClN6O. The van der Waals surface area contributed by atoms with Gasteiger partial charge >= 0.3 is 0 Å². The van der Waals surface area contributed by atoms with Crippen molar-refractivity contribution < 1.29 is 4.79 Å². The van der Waals surface area contributed by atoms with Gasteiger partial charge in [-0.25, -0.2) is 15.0 Å². The Labute approximate surface area is 179 Å². The van der Waals surface area contributed by atoms with Crippen molar-refractivity contribution in [3.05, 3.63) is 52.7 Å². The van der Waals surface area contributed by atoms with E-state index >= 15 is 0 Å². The first-order valence-corrected chi connectivity index (χ1v) is 10.6. The maximum Gasteiger partial charge on any atom is 0.226 e. The highest BCUT2D eigenvalue weighted by molar-refractivity contribution is 6.30. The molecule has 8 heteroatoms. The molecule has 2 atom stereocenters. The number of carbonyl (C=O) groups is 1. The average Bonchev–Trinajstić information content (AvgIpc) is 3.37. The van der Waals surface area contributed by atoms with Crippen LogP contribution in [0.4, 0.5) is 11.8 Å². The molecule has 7 nitrogen and oxygen atoms in total. The Morgan fingerprint density at radius 1 is 1.20 bits per heavy atom. The maximum absolute atomic E-state index is 12.4. The van der Waals surface area contributed by atoms with Gasteiger partial charge in [0.2, 0.25) is 11.9 Å². The van der Waals surface area contributed by atoms with E-state index in [0.717, 1.165) is 47.7 Å². The second-order valence-electron chi connectivity index (χ2n) is 7.99. The molecule has 2 aliphatic heterocycles. The van der Waals surface area contributed by atoms with Gasteiger partial charge in [-0.15, -0.1) is 0 Å². The number of nitrogens with one attached hydrogen (secondary N) is 2. The predicted octanol–water partition coefficient (Wildman–Crippen LogP) is 3.11. The highest BCUT2D eigenvalue weighted by atomic mass is 35.5. The first kappa shape index (κ1) is 19.2. The number of amides is 1. The van der Waals surface area contributed by atoms with E-state index in [1.54, 1.807) is 6.07 Å². The lowest BCUT2D eigenvalue weighted by atomic mass is 10.1. The molecule has 1 amide bonds. The molecule has 1 aromatic carbocycles. The Kier molecular flexibility index (Phi) is 5.00. The number of rotatable bonds is 5. The van der Waals surface area contributed by atoms with Crippen LogP contribution in [0.5, 0.6) is 0 Å². The topological polar surface area (TPSA) is 83.0 Å². The lowest BCUT2D eigenvalue weighted by molar-refractivity contribution is -0.116. The van der Waals surface area contributed by atoms with Gasteiger partial charge in [-0.05, 0) is 49.6 Å². The fourth-order valence-corrected chi connectivity index (χ4v) is 4.39. The molecule has 0 saturated carbocycles. The summed E-state index contributed by atoms with van der Waals surface area (Å²) in [7, 11) is 0. The molecule has 2 fully saturated rings. The second kappa shape index (κ2) is 7.81. The number of pyridine rings is 1. The fourth-order valence-electron chi connectivity index (χ4n) is 4.26. The largest absolute Gasteiger partial charge is 0.335 e. The standard InChI is InChI=1S/C22H23ClN6O/c1-13-21-18(26-22(25-13)29-12-16-10-17(29)11-24-16)7-8-19(28-21)27-20(30)9-4-14-2-5-15(23)6-3-14/h2-3,5-8,16-17,24H,4,9-12H2,1H3,(H,27,28,30). The molecule has 2 N–H and O–H groups in total. The maximum atomic E-state index is 12.4. The Balaban J connectivity index is 1.28. The fraction of sp³-hybridized carbons (Fsp3) is 0.364. The summed E-state index contributed by atoms with van der Waals surface area (Å²) in [6, 6.07) is 12.3. The molecule has 2 unspecified atom stereocenters. The number of benzene rings is 1. The molecule has 30 heavy (non-hydrogen) atoms. The highest BCUT2D eigenvalue weighted by Crippen LogP contribution is 2.28. The van der Waals surface area contributed by atoms with Crippen LogP contribution in [0.15, 0.2) is 36.4 Å². The summed E-state index contributed by atoms with van der Waals surface area (Å²) in [5.74, 6) is 1.22. The first-order chi connectivity index (χ1) is 14.5. The highest BCUT2D eigenvalue weighted by Gasteiger charge is 2.39. The summed E-state index contributed by atoms with van der Waals surface area (Å²) in [6.07, 6.45) is 2.18. The van der Waals surface area contributed by atoms with Crippen molar-refractivity contribution in [3.8, 4) is 0 Å². The monoisotopic (exact) mass is 422 g/mol. The zero-order chi connectivity index (χ0) is 20.7. The van der Waals surface area contributed by atoms with Crippen LogP contribution in [0.25, 0.3) is 11.0 Å². The van der Waals surface area contributed by atoms with Gasteiger partial charge in [0.25, 0.3) is 0 Å². The van der Waals surface area contributed by atoms with Gasteiger partial charge in [0, 0.05) is 36.6 Å². The van der Waals surface area contributed by atoms with Gasteiger partial charge < -0.3 is 15.5 Å². The molecule has 154 valence electrons. The number of aromatic nitrogens is 3. The van der Waals surface area contributed by atoms with E-state index in [4.69, 9.17) is 21.6 Å². The second-order valence-corrected chi connectivity index (χ2v) is 8.43. The number of hydrogen-bond acceptors (Lipinski definition) is 6. The number of carbonyl (C=O) groups excluding carboxylic acids is 1. The summed E-state index contributed by atoms with van der Waals surface area (Å²) < 4.78 is 0. The Bertz CT molecular complexity index is 1100. The lowest BCUT2D eigenvalue weighted by Crippen LogP contribution is -2.44. The van der Waals surface area contributed by atoms with Crippen molar-refractivity contribution in [3.63, 3.8) is 0 Å². The molecule has 2 aromatic heterocycles. The van der Waals surface area contributed by atoms with Crippen molar-refractivity contribution in [1.82, 2.24) is 20.3 Å². The Morgan fingerprint density at radius 2 is 2.03 bits per heavy atom. The summed E-state index contributed by atoms with van der Waals surface area (Å²) in [5, 5.41) is 7.08. The molecule has 2 bridgehead atoms. The van der Waals surface area contributed by atoms with Crippen molar-refractivity contribution in [2.24, 2.45) is 0 Å². The minimum atomic E-state index is -0.0763. The predicted molar refractivity (Wildman–Crippen MR) is 118 cm³/mol. The SMILES string of the molecule is Cc1nc(N2CC3CC2CN3)nc2ccc(NC(=O)CCc3ccc(Cl)cc3)nc12. The molecule has 5 rings (SSSR count). The van der Waals surface area contributed by atoms with Gasteiger partial charge in [-0.1, -0.05) is 23.7 Å². The summed E-state index contributed by atoms with van der Waals surface area (Å²) in [4.78, 5) is 28.7. The van der Waals surface area contributed by atoms with Crippen LogP contribution in [-0.4, -0.2) is 46.0 Å². The zero-order valence-corrected chi connectivity index (χ0v) is 17.5. The van der Waals surface area contributed by atoms with Gasteiger partial charge in [0.15, 0.2) is 0 Å². The zero-order valence-electron chi connectivity index (χ0n) is 16.7. The molecule has 0 radical (unpaired) electrons. The van der Waals surface area contributed by atoms with Crippen LogP contribution in [0.1, 0.15) is 24.1 Å². The summed E-state index contributed by atoms with van der Waals surface area (Å²) in [5.41, 5.74) is 3.41. The minimum absolute atomic E-state index is 0.0763. The van der Waals surface area contributed by atoms with Gasteiger partial charge in [0.05, 0.1) is 11.2 Å². The van der Waals surface area contributed by atoms with E-state index in [1.165, 1.54) is 0 Å². The third kappa shape index (κ3) is 3.82. The molecule has 2 saturated heterocycles. The lowest BCUT2D eigenvalue weighted by Gasteiger charge is -2.27. The Hall–Kier alpha value is -2.77. The number of piperazine rings is 1. The van der Waals surface area contributed by atoms with Crippen LogP contribution in [0, 0.1) is 6.92 Å². The van der Waals surface area contributed by atoms with Crippen LogP contribution >= 0.6 is 11.6 Å². The first-order valence-electron chi connectivity index (χ1n) is 10.2. The van der Waals surface area contributed by atoms with Crippen LogP contribution in [0.2, 0.25) is 5.02 Å². The van der Waals surface area contributed by atoms with E-state index in [9.17, 15) is 4.79 Å².